The average molecular weight is 158 g/mol. The minimum atomic E-state index is 0.181. The van der Waals surface area contributed by atoms with Gasteiger partial charge in [-0.15, -0.1) is 0 Å². The Kier molecular flexibility index (Phi) is 1.86. The van der Waals surface area contributed by atoms with Crippen molar-refractivity contribution in [1.29, 1.82) is 0 Å². The molecule has 0 bridgehead atoms. The monoisotopic (exact) mass is 158 g/mol. The molecule has 3 heteroatoms. The fourth-order valence-corrected chi connectivity index (χ4v) is 1.58. The lowest BCUT2D eigenvalue weighted by atomic mass is 10.1. The summed E-state index contributed by atoms with van der Waals surface area (Å²) in [6.07, 6.45) is 0. The first kappa shape index (κ1) is 7.79. The van der Waals surface area contributed by atoms with Crippen LogP contribution in [0, 0.1) is 0 Å². The Morgan fingerprint density at radius 2 is 2.10 bits per heavy atom. The van der Waals surface area contributed by atoms with Crippen LogP contribution < -0.4 is 5.32 Å². The van der Waals surface area contributed by atoms with E-state index < -0.39 is 0 Å². The van der Waals surface area contributed by atoms with Crippen molar-refractivity contribution in [2.24, 2.45) is 0 Å². The van der Waals surface area contributed by atoms with Crippen molar-refractivity contribution >= 4 is 17.3 Å². The van der Waals surface area contributed by atoms with Crippen molar-refractivity contribution in [3.8, 4) is 0 Å². The molecule has 0 radical (unpaired) electrons. The molecular formula is C7H14N2S. The maximum atomic E-state index is 5.10. The highest BCUT2D eigenvalue weighted by Gasteiger charge is 2.26. The summed E-state index contributed by atoms with van der Waals surface area (Å²) in [5.41, 5.74) is 0.181. The standard InChI is InChI=1S/C7H14N2S/c1-7(2,3)9-5-4-8-6(9)10/h4-5H2,1-3H3,(H,8,10). The molecule has 1 heterocycles. The molecule has 10 heavy (non-hydrogen) atoms. The van der Waals surface area contributed by atoms with Gasteiger partial charge in [0.05, 0.1) is 0 Å². The molecular weight excluding hydrogens is 144 g/mol. The van der Waals surface area contributed by atoms with E-state index in [0.29, 0.717) is 0 Å². The van der Waals surface area contributed by atoms with E-state index in [1.54, 1.807) is 0 Å². The Labute approximate surface area is 67.6 Å². The van der Waals surface area contributed by atoms with Crippen molar-refractivity contribution in [3.63, 3.8) is 0 Å². The van der Waals surface area contributed by atoms with E-state index in [4.69, 9.17) is 12.2 Å². The Morgan fingerprint density at radius 3 is 2.30 bits per heavy atom. The third-order valence-corrected chi connectivity index (χ3v) is 2.03. The van der Waals surface area contributed by atoms with Gasteiger partial charge < -0.3 is 10.2 Å². The first-order chi connectivity index (χ1) is 4.52. The van der Waals surface area contributed by atoms with Gasteiger partial charge in [0, 0.05) is 18.6 Å². The largest absolute Gasteiger partial charge is 0.361 e. The molecule has 0 spiro atoms. The van der Waals surface area contributed by atoms with Crippen molar-refractivity contribution < 1.29 is 0 Å². The fourth-order valence-electron chi connectivity index (χ4n) is 1.11. The highest BCUT2D eigenvalue weighted by molar-refractivity contribution is 7.80. The average Bonchev–Trinajstić information content (AvgIpc) is 2.11. The van der Waals surface area contributed by atoms with Gasteiger partial charge in [0.1, 0.15) is 0 Å². The third-order valence-electron chi connectivity index (χ3n) is 1.67. The summed E-state index contributed by atoms with van der Waals surface area (Å²) in [6.45, 7) is 8.56. The zero-order valence-electron chi connectivity index (χ0n) is 6.77. The molecule has 0 aromatic heterocycles. The summed E-state index contributed by atoms with van der Waals surface area (Å²) in [5, 5.41) is 4.03. The predicted octanol–water partition coefficient (Wildman–Crippen LogP) is 0.975. The van der Waals surface area contributed by atoms with E-state index in [9.17, 15) is 0 Å². The normalized spacial score (nSPS) is 19.5. The fraction of sp³-hybridized carbons (Fsp3) is 0.857. The predicted molar refractivity (Wildman–Crippen MR) is 47.1 cm³/mol. The molecule has 0 unspecified atom stereocenters. The van der Waals surface area contributed by atoms with Crippen molar-refractivity contribution in [3.05, 3.63) is 0 Å². The summed E-state index contributed by atoms with van der Waals surface area (Å²) >= 11 is 5.10. The van der Waals surface area contributed by atoms with E-state index in [0.717, 1.165) is 18.2 Å². The SMILES string of the molecule is CC(C)(C)N1CCNC1=S. The molecule has 0 aliphatic carbocycles. The third kappa shape index (κ3) is 1.40. The van der Waals surface area contributed by atoms with Crippen LogP contribution in [0.15, 0.2) is 0 Å². The minimum Gasteiger partial charge on any atom is -0.361 e. The van der Waals surface area contributed by atoms with Crippen LogP contribution in [-0.2, 0) is 0 Å². The second-order valence-corrected chi connectivity index (χ2v) is 3.94. The van der Waals surface area contributed by atoms with Gasteiger partial charge in [0.25, 0.3) is 0 Å². The number of thiocarbonyl (C=S) groups is 1. The maximum Gasteiger partial charge on any atom is 0.169 e. The van der Waals surface area contributed by atoms with E-state index in [-0.39, 0.29) is 5.54 Å². The van der Waals surface area contributed by atoms with E-state index >= 15 is 0 Å². The van der Waals surface area contributed by atoms with Crippen LogP contribution >= 0.6 is 12.2 Å². The van der Waals surface area contributed by atoms with Gasteiger partial charge in [-0.3, -0.25) is 0 Å². The van der Waals surface area contributed by atoms with Crippen LogP contribution in [0.1, 0.15) is 20.8 Å². The molecule has 0 saturated carbocycles. The summed E-state index contributed by atoms with van der Waals surface area (Å²) in [5.74, 6) is 0. The Hall–Kier alpha value is -0.310. The smallest absolute Gasteiger partial charge is 0.169 e. The molecule has 1 N–H and O–H groups in total. The topological polar surface area (TPSA) is 15.3 Å². The molecule has 0 aromatic carbocycles. The summed E-state index contributed by atoms with van der Waals surface area (Å²) < 4.78 is 0. The minimum absolute atomic E-state index is 0.181. The highest BCUT2D eigenvalue weighted by Crippen LogP contribution is 2.14. The number of nitrogens with one attached hydrogen (secondary N) is 1. The van der Waals surface area contributed by atoms with Crippen LogP contribution in [-0.4, -0.2) is 28.6 Å². The number of hydrogen-bond acceptors (Lipinski definition) is 1. The lowest BCUT2D eigenvalue weighted by Crippen LogP contribution is -2.43. The molecule has 0 amide bonds. The molecule has 0 atom stereocenters. The molecule has 1 rings (SSSR count). The van der Waals surface area contributed by atoms with Gasteiger partial charge in [-0.1, -0.05) is 0 Å². The maximum absolute atomic E-state index is 5.10. The number of rotatable bonds is 0. The Bertz CT molecular complexity index is 148. The van der Waals surface area contributed by atoms with Gasteiger partial charge in [-0.05, 0) is 33.0 Å². The number of nitrogens with zero attached hydrogens (tertiary/aromatic N) is 1. The van der Waals surface area contributed by atoms with Gasteiger partial charge in [0.2, 0.25) is 0 Å². The summed E-state index contributed by atoms with van der Waals surface area (Å²) in [6, 6.07) is 0. The van der Waals surface area contributed by atoms with E-state index in [2.05, 4.69) is 31.0 Å². The highest BCUT2D eigenvalue weighted by atomic mass is 32.1. The molecule has 1 fully saturated rings. The lowest BCUT2D eigenvalue weighted by Gasteiger charge is -2.32. The van der Waals surface area contributed by atoms with Gasteiger partial charge in [0.15, 0.2) is 5.11 Å². The molecule has 58 valence electrons. The zero-order chi connectivity index (χ0) is 7.78. The summed E-state index contributed by atoms with van der Waals surface area (Å²) in [7, 11) is 0. The Morgan fingerprint density at radius 1 is 1.50 bits per heavy atom. The lowest BCUT2D eigenvalue weighted by molar-refractivity contribution is 0.263. The van der Waals surface area contributed by atoms with Crippen LogP contribution in [0.25, 0.3) is 0 Å². The van der Waals surface area contributed by atoms with Crippen molar-refractivity contribution in [2.45, 2.75) is 26.3 Å². The van der Waals surface area contributed by atoms with Crippen LogP contribution in [0.3, 0.4) is 0 Å². The van der Waals surface area contributed by atoms with Gasteiger partial charge >= 0.3 is 0 Å². The second kappa shape index (κ2) is 2.38. The van der Waals surface area contributed by atoms with E-state index in [1.165, 1.54) is 0 Å². The molecule has 2 nitrogen and oxygen atoms in total. The Balaban J connectivity index is 2.64. The second-order valence-electron chi connectivity index (χ2n) is 3.55. The van der Waals surface area contributed by atoms with Gasteiger partial charge in [-0.2, -0.15) is 0 Å². The zero-order valence-corrected chi connectivity index (χ0v) is 7.59. The van der Waals surface area contributed by atoms with Crippen LogP contribution in [0.4, 0.5) is 0 Å². The van der Waals surface area contributed by atoms with Crippen molar-refractivity contribution in [1.82, 2.24) is 10.2 Å². The summed E-state index contributed by atoms with van der Waals surface area (Å²) in [4.78, 5) is 2.21. The van der Waals surface area contributed by atoms with E-state index in [1.807, 2.05) is 0 Å². The molecule has 1 aliphatic rings. The van der Waals surface area contributed by atoms with Crippen LogP contribution in [0.2, 0.25) is 0 Å². The van der Waals surface area contributed by atoms with Crippen molar-refractivity contribution in [2.75, 3.05) is 13.1 Å². The first-order valence-electron chi connectivity index (χ1n) is 3.57. The molecule has 0 aromatic rings. The quantitative estimate of drug-likeness (QED) is 0.529. The van der Waals surface area contributed by atoms with Gasteiger partial charge in [-0.25, -0.2) is 0 Å². The molecule has 1 aliphatic heterocycles. The van der Waals surface area contributed by atoms with Crippen LogP contribution in [0.5, 0.6) is 0 Å². The first-order valence-corrected chi connectivity index (χ1v) is 3.98. The number of hydrogen-bond donors (Lipinski definition) is 1. The molecule has 1 saturated heterocycles.